The molecule has 0 aliphatic heterocycles. The number of ether oxygens (including phenoxy) is 4. The number of carbonyl (C=O) groups excluding carboxylic acids is 7. The zero-order valence-electron chi connectivity index (χ0n) is 29.3. The Hall–Kier alpha value is -4.85. The lowest BCUT2D eigenvalue weighted by molar-refractivity contribution is -0.181. The maximum atomic E-state index is 14.9. The topological polar surface area (TPSA) is 175 Å². The first kappa shape index (κ1) is 37.0. The van der Waals surface area contributed by atoms with Gasteiger partial charge >= 0.3 is 17.9 Å². The molecule has 0 saturated heterocycles. The molecule has 0 spiro atoms. The molecule has 2 amide bonds. The lowest BCUT2D eigenvalue weighted by Gasteiger charge is -2.52. The maximum Gasteiger partial charge on any atom is 0.307 e. The van der Waals surface area contributed by atoms with Gasteiger partial charge in [-0.1, -0.05) is 13.3 Å². The van der Waals surface area contributed by atoms with Crippen molar-refractivity contribution in [1.29, 1.82) is 0 Å². The number of amides is 2. The summed E-state index contributed by atoms with van der Waals surface area (Å²) in [4.78, 5) is 97.1. The van der Waals surface area contributed by atoms with Gasteiger partial charge in [-0.25, -0.2) is 0 Å². The molecule has 264 valence electrons. The van der Waals surface area contributed by atoms with Gasteiger partial charge in [0.2, 0.25) is 17.3 Å². The van der Waals surface area contributed by atoms with Crippen molar-refractivity contribution in [2.24, 2.45) is 11.8 Å². The molecule has 0 aromatic heterocycles. The van der Waals surface area contributed by atoms with Crippen LogP contribution in [0, 0.1) is 11.8 Å². The average Bonchev–Trinajstić information content (AvgIpc) is 2.96. The van der Waals surface area contributed by atoms with Crippen LogP contribution in [0.1, 0.15) is 69.8 Å². The van der Waals surface area contributed by atoms with Crippen LogP contribution in [-0.2, 0) is 49.4 Å². The number of rotatable bonds is 10. The van der Waals surface area contributed by atoms with E-state index in [4.69, 9.17) is 18.9 Å². The molecule has 4 atom stereocenters. The Morgan fingerprint density at radius 2 is 1.59 bits per heavy atom. The molecular weight excluding hydrogens is 638 g/mol. The van der Waals surface area contributed by atoms with E-state index < -0.39 is 76.1 Å². The number of esters is 3. The minimum atomic E-state index is -2.55. The lowest BCUT2D eigenvalue weighted by atomic mass is 9.58. The number of hydrogen-bond donors (Lipinski definition) is 1. The van der Waals surface area contributed by atoms with Crippen molar-refractivity contribution in [3.8, 4) is 5.75 Å². The Morgan fingerprint density at radius 3 is 2.12 bits per heavy atom. The standard InChI is InChI=1S/C35H43N3O11/c1-10-11-14-46-25-13-12-24(37(6)7)22-15-21-16-23-29(38(8)9)31(47-18(3)40)28(34(45)36-17(2)39)32(44)35(23,49-20(5)42)33(48-19(4)41)26(21)30(43)27(22)25/h12-13,21,23,29H,10-11,14-16H2,1-9H3,(H,36,39,45). The molecule has 4 rings (SSSR count). The number of unbranched alkanes of at least 4 members (excludes halogenated alkanes) is 1. The number of anilines is 1. The van der Waals surface area contributed by atoms with Crippen molar-refractivity contribution in [2.45, 2.75) is 71.9 Å². The Labute approximate surface area is 284 Å². The second kappa shape index (κ2) is 14.3. The predicted octanol–water partition coefficient (Wildman–Crippen LogP) is 2.42. The fourth-order valence-electron chi connectivity index (χ4n) is 7.15. The molecule has 49 heavy (non-hydrogen) atoms. The highest BCUT2D eigenvalue weighted by Gasteiger charge is 2.68. The second-order valence-electron chi connectivity index (χ2n) is 12.9. The SMILES string of the molecule is CCCCOc1ccc(N(C)C)c2c1C(=O)C1=C(OC(C)=O)C3(OC(C)=O)C(=O)C(C(=O)NC(C)=O)=C(OC(C)=O)C(N(C)C)C3CC1C2. The number of benzene rings is 1. The molecular formula is C35H43N3O11. The van der Waals surface area contributed by atoms with Crippen molar-refractivity contribution in [3.05, 3.63) is 45.9 Å². The van der Waals surface area contributed by atoms with E-state index in [-0.39, 0.29) is 29.7 Å². The summed E-state index contributed by atoms with van der Waals surface area (Å²) in [6, 6.07) is 2.41. The number of Topliss-reactive ketones (excluding diaryl/α,β-unsaturated/α-hetero) is 2. The van der Waals surface area contributed by atoms with Crippen LogP contribution in [0.5, 0.6) is 5.75 Å². The zero-order chi connectivity index (χ0) is 36.5. The zero-order valence-corrected chi connectivity index (χ0v) is 29.3. The highest BCUT2D eigenvalue weighted by atomic mass is 16.6. The molecule has 3 aliphatic rings. The van der Waals surface area contributed by atoms with Gasteiger partial charge in [0.15, 0.2) is 11.5 Å². The van der Waals surface area contributed by atoms with Gasteiger partial charge in [0.1, 0.15) is 17.1 Å². The van der Waals surface area contributed by atoms with Crippen LogP contribution in [-0.4, -0.2) is 92.6 Å². The Balaban J connectivity index is 2.15. The lowest BCUT2D eigenvalue weighted by Crippen LogP contribution is -2.66. The van der Waals surface area contributed by atoms with Gasteiger partial charge in [-0.3, -0.25) is 43.8 Å². The molecule has 1 N–H and O–H groups in total. The fourth-order valence-corrected chi connectivity index (χ4v) is 7.15. The Morgan fingerprint density at radius 1 is 0.939 bits per heavy atom. The van der Waals surface area contributed by atoms with E-state index in [1.54, 1.807) is 25.1 Å². The van der Waals surface area contributed by atoms with Crippen LogP contribution >= 0.6 is 0 Å². The third kappa shape index (κ3) is 6.74. The summed E-state index contributed by atoms with van der Waals surface area (Å²) in [7, 11) is 6.87. The van der Waals surface area contributed by atoms with E-state index in [2.05, 4.69) is 0 Å². The van der Waals surface area contributed by atoms with Crippen LogP contribution < -0.4 is 15.0 Å². The number of hydrogen-bond acceptors (Lipinski definition) is 13. The summed E-state index contributed by atoms with van der Waals surface area (Å²) < 4.78 is 23.3. The molecule has 0 fully saturated rings. The number of likely N-dealkylation sites (N-methyl/N-ethyl adjacent to an activating group) is 1. The van der Waals surface area contributed by atoms with Crippen LogP contribution in [0.4, 0.5) is 5.69 Å². The summed E-state index contributed by atoms with van der Waals surface area (Å²) in [6.45, 7) is 6.57. The smallest absolute Gasteiger partial charge is 0.307 e. The number of allylic oxidation sites excluding steroid dienone is 1. The summed E-state index contributed by atoms with van der Waals surface area (Å²) in [6.07, 6.45) is 1.81. The van der Waals surface area contributed by atoms with E-state index in [9.17, 15) is 33.6 Å². The average molecular weight is 682 g/mol. The molecule has 4 unspecified atom stereocenters. The summed E-state index contributed by atoms with van der Waals surface area (Å²) in [5.74, 6) is -9.08. The highest BCUT2D eigenvalue weighted by molar-refractivity contribution is 6.27. The predicted molar refractivity (Wildman–Crippen MR) is 174 cm³/mol. The first-order chi connectivity index (χ1) is 23.0. The van der Waals surface area contributed by atoms with Crippen molar-refractivity contribution in [2.75, 3.05) is 39.7 Å². The first-order valence-electron chi connectivity index (χ1n) is 16.1. The van der Waals surface area contributed by atoms with Crippen molar-refractivity contribution >= 4 is 47.0 Å². The number of imide groups is 1. The Kier molecular flexibility index (Phi) is 10.8. The van der Waals surface area contributed by atoms with Gasteiger partial charge in [-0.05, 0) is 57.0 Å². The molecule has 0 bridgehead atoms. The molecule has 0 heterocycles. The molecule has 3 aliphatic carbocycles. The molecule has 1 aromatic rings. The van der Waals surface area contributed by atoms with E-state index in [0.717, 1.165) is 46.2 Å². The van der Waals surface area contributed by atoms with Crippen LogP contribution in [0.15, 0.2) is 34.8 Å². The Bertz CT molecular complexity index is 1690. The van der Waals surface area contributed by atoms with E-state index >= 15 is 0 Å². The number of ketones is 2. The van der Waals surface area contributed by atoms with Gasteiger partial charge in [0.25, 0.3) is 5.91 Å². The van der Waals surface area contributed by atoms with Crippen molar-refractivity contribution in [3.63, 3.8) is 0 Å². The van der Waals surface area contributed by atoms with Crippen LogP contribution in [0.2, 0.25) is 0 Å². The van der Waals surface area contributed by atoms with Gasteiger partial charge < -0.3 is 23.8 Å². The first-order valence-corrected chi connectivity index (χ1v) is 16.1. The normalized spacial score (nSPS) is 22.9. The van der Waals surface area contributed by atoms with Crippen molar-refractivity contribution in [1.82, 2.24) is 10.2 Å². The maximum absolute atomic E-state index is 14.9. The largest absolute Gasteiger partial charge is 0.493 e. The molecule has 14 heteroatoms. The summed E-state index contributed by atoms with van der Waals surface area (Å²) in [5, 5.41) is 2.04. The van der Waals surface area contributed by atoms with E-state index in [1.165, 1.54) is 0 Å². The van der Waals surface area contributed by atoms with Gasteiger partial charge in [0.05, 0.1) is 18.2 Å². The van der Waals surface area contributed by atoms with Crippen molar-refractivity contribution < 1.29 is 52.5 Å². The van der Waals surface area contributed by atoms with Crippen LogP contribution in [0.25, 0.3) is 0 Å². The molecule has 0 saturated carbocycles. The van der Waals surface area contributed by atoms with Gasteiger partial charge in [0, 0.05) is 59.0 Å². The quantitative estimate of drug-likeness (QED) is 0.165. The number of fused-ring (bicyclic) bond motifs is 3. The number of nitrogens with zero attached hydrogens (tertiary/aromatic N) is 2. The minimum Gasteiger partial charge on any atom is -0.493 e. The van der Waals surface area contributed by atoms with E-state index in [0.29, 0.717) is 17.9 Å². The third-order valence-electron chi connectivity index (χ3n) is 8.80. The summed E-state index contributed by atoms with van der Waals surface area (Å²) >= 11 is 0. The van der Waals surface area contributed by atoms with Gasteiger partial charge in [-0.15, -0.1) is 0 Å². The van der Waals surface area contributed by atoms with E-state index in [1.807, 2.05) is 37.3 Å². The molecule has 0 radical (unpaired) electrons. The third-order valence-corrected chi connectivity index (χ3v) is 8.80. The minimum absolute atomic E-state index is 0.00664. The number of carbonyl (C=O) groups is 7. The summed E-state index contributed by atoms with van der Waals surface area (Å²) in [5.41, 5.74) is -1.78. The monoisotopic (exact) mass is 681 g/mol. The number of nitrogens with one attached hydrogen (secondary N) is 1. The molecule has 1 aromatic carbocycles. The van der Waals surface area contributed by atoms with Gasteiger partial charge in [-0.2, -0.15) is 0 Å². The molecule has 14 nitrogen and oxygen atoms in total. The van der Waals surface area contributed by atoms with Crippen LogP contribution in [0.3, 0.4) is 0 Å². The second-order valence-corrected chi connectivity index (χ2v) is 12.9. The fraction of sp³-hybridized carbons (Fsp3) is 0.514. The highest BCUT2D eigenvalue weighted by Crippen LogP contribution is 2.56.